The maximum absolute atomic E-state index is 13.2. The summed E-state index contributed by atoms with van der Waals surface area (Å²) in [7, 11) is -0.494. The Morgan fingerprint density at radius 2 is 1.59 bits per heavy atom. The molecule has 10 heteroatoms. The van der Waals surface area contributed by atoms with Gasteiger partial charge in [-0.3, -0.25) is 4.57 Å². The van der Waals surface area contributed by atoms with Crippen LogP contribution < -0.4 is 9.47 Å². The third-order valence-corrected chi connectivity index (χ3v) is 7.66. The van der Waals surface area contributed by atoms with Crippen molar-refractivity contribution in [3.05, 3.63) is 76.8 Å². The first-order chi connectivity index (χ1) is 17.5. The van der Waals surface area contributed by atoms with Crippen LogP contribution in [0.15, 0.2) is 59.0 Å². The molecule has 2 aromatic carbocycles. The fraction of sp³-hybridized carbons (Fsp3) is 0.333. The Bertz CT molecular complexity index is 1460. The summed E-state index contributed by atoms with van der Waals surface area (Å²) >= 11 is 5.95. The van der Waals surface area contributed by atoms with Crippen molar-refractivity contribution in [3.63, 3.8) is 0 Å². The van der Waals surface area contributed by atoms with Crippen molar-refractivity contribution >= 4 is 21.4 Å². The molecule has 2 heterocycles. The van der Waals surface area contributed by atoms with Gasteiger partial charge in [-0.05, 0) is 48.4 Å². The Kier molecular flexibility index (Phi) is 7.66. The predicted octanol–water partition coefficient (Wildman–Crippen LogP) is 5.65. The van der Waals surface area contributed by atoms with Crippen molar-refractivity contribution in [2.75, 3.05) is 20.0 Å². The van der Waals surface area contributed by atoms with E-state index in [-0.39, 0.29) is 22.7 Å². The lowest BCUT2D eigenvalue weighted by Gasteiger charge is -2.17. The molecule has 0 atom stereocenters. The molecule has 0 aliphatic rings. The molecule has 0 aliphatic carbocycles. The summed E-state index contributed by atoms with van der Waals surface area (Å²) in [6.45, 7) is 6.13. The molecule has 0 saturated carbocycles. The molecule has 0 fully saturated rings. The standard InChI is InChI=1S/C27H30ClN3O5S/c1-27(2,3)23-14-13-22(36-23)26-30-29-24(31(26)25-20(34-4)7-6-8-21(25)35-5)17-37(32,33)16-15-18-9-11-19(28)12-10-18/h6-14H,15-17H2,1-5H3. The zero-order chi connectivity index (χ0) is 26.8. The zero-order valence-corrected chi connectivity index (χ0v) is 23.1. The van der Waals surface area contributed by atoms with E-state index in [0.29, 0.717) is 40.2 Å². The second kappa shape index (κ2) is 10.6. The minimum atomic E-state index is -3.57. The van der Waals surface area contributed by atoms with Crippen LogP contribution in [-0.4, -0.2) is 43.2 Å². The highest BCUT2D eigenvalue weighted by Gasteiger charge is 2.28. The molecule has 37 heavy (non-hydrogen) atoms. The Balaban J connectivity index is 1.78. The number of benzene rings is 2. The minimum Gasteiger partial charge on any atom is -0.494 e. The molecule has 4 rings (SSSR count). The van der Waals surface area contributed by atoms with Gasteiger partial charge < -0.3 is 13.9 Å². The molecule has 8 nitrogen and oxygen atoms in total. The highest BCUT2D eigenvalue weighted by molar-refractivity contribution is 7.90. The lowest BCUT2D eigenvalue weighted by atomic mass is 9.94. The number of sulfone groups is 1. The number of para-hydroxylation sites is 1. The topological polar surface area (TPSA) is 96.5 Å². The first-order valence-corrected chi connectivity index (χ1v) is 13.9. The van der Waals surface area contributed by atoms with E-state index in [1.54, 1.807) is 34.9 Å². The predicted molar refractivity (Wildman–Crippen MR) is 144 cm³/mol. The number of hydrogen-bond acceptors (Lipinski definition) is 7. The number of aromatic nitrogens is 3. The van der Waals surface area contributed by atoms with Gasteiger partial charge in [-0.2, -0.15) is 0 Å². The second-order valence-electron chi connectivity index (χ2n) is 9.67. The van der Waals surface area contributed by atoms with Crippen molar-refractivity contribution in [1.29, 1.82) is 0 Å². The summed E-state index contributed by atoms with van der Waals surface area (Å²) < 4.78 is 45.4. The molecular weight excluding hydrogens is 514 g/mol. The van der Waals surface area contributed by atoms with Crippen LogP contribution in [0.2, 0.25) is 5.02 Å². The second-order valence-corrected chi connectivity index (χ2v) is 12.3. The number of methoxy groups -OCH3 is 2. The van der Waals surface area contributed by atoms with Crippen LogP contribution in [0, 0.1) is 0 Å². The quantitative estimate of drug-likeness (QED) is 0.269. The van der Waals surface area contributed by atoms with Gasteiger partial charge in [0.15, 0.2) is 21.4 Å². The number of rotatable bonds is 9. The maximum Gasteiger partial charge on any atom is 0.204 e. The summed E-state index contributed by atoms with van der Waals surface area (Å²) in [6, 6.07) is 16.2. The fourth-order valence-corrected chi connectivity index (χ4v) is 5.31. The van der Waals surface area contributed by atoms with E-state index in [1.165, 1.54) is 14.2 Å². The van der Waals surface area contributed by atoms with E-state index in [1.807, 2.05) is 45.0 Å². The number of furan rings is 1. The Morgan fingerprint density at radius 1 is 0.946 bits per heavy atom. The first-order valence-electron chi connectivity index (χ1n) is 11.7. The van der Waals surface area contributed by atoms with Crippen molar-refractivity contribution in [3.8, 4) is 28.8 Å². The van der Waals surface area contributed by atoms with E-state index >= 15 is 0 Å². The summed E-state index contributed by atoms with van der Waals surface area (Å²) in [6.07, 6.45) is 0.353. The lowest BCUT2D eigenvalue weighted by molar-refractivity contribution is 0.390. The molecule has 196 valence electrons. The van der Waals surface area contributed by atoms with Gasteiger partial charge in [0.25, 0.3) is 0 Å². The molecular formula is C27H30ClN3O5S. The third kappa shape index (κ3) is 5.99. The van der Waals surface area contributed by atoms with Crippen LogP contribution in [-0.2, 0) is 27.4 Å². The highest BCUT2D eigenvalue weighted by Crippen LogP contribution is 2.38. The van der Waals surface area contributed by atoms with Gasteiger partial charge in [0.05, 0.1) is 20.0 Å². The molecule has 0 radical (unpaired) electrons. The molecule has 0 unspecified atom stereocenters. The maximum atomic E-state index is 13.2. The molecule has 4 aromatic rings. The number of halogens is 1. The van der Waals surface area contributed by atoms with E-state index < -0.39 is 9.84 Å². The lowest BCUT2D eigenvalue weighted by Crippen LogP contribution is -2.16. The molecule has 0 amide bonds. The first kappa shape index (κ1) is 26.8. The number of aryl methyl sites for hydroxylation is 1. The number of nitrogens with zero attached hydrogens (tertiary/aromatic N) is 3. The Morgan fingerprint density at radius 3 is 2.16 bits per heavy atom. The largest absolute Gasteiger partial charge is 0.494 e. The van der Waals surface area contributed by atoms with Crippen molar-refractivity contribution < 1.29 is 22.3 Å². The fourth-order valence-electron chi connectivity index (χ4n) is 3.91. The average Bonchev–Trinajstić information content (AvgIpc) is 3.50. The van der Waals surface area contributed by atoms with Crippen LogP contribution in [0.1, 0.15) is 37.9 Å². The zero-order valence-electron chi connectivity index (χ0n) is 21.5. The molecule has 0 saturated heterocycles. The van der Waals surface area contributed by atoms with Crippen LogP contribution in [0.3, 0.4) is 0 Å². The van der Waals surface area contributed by atoms with Crippen LogP contribution in [0.4, 0.5) is 0 Å². The van der Waals surface area contributed by atoms with E-state index in [2.05, 4.69) is 10.2 Å². The minimum absolute atomic E-state index is 0.0607. The van der Waals surface area contributed by atoms with Crippen molar-refractivity contribution in [2.45, 2.75) is 38.4 Å². The number of hydrogen-bond donors (Lipinski definition) is 0. The van der Waals surface area contributed by atoms with E-state index in [0.717, 1.165) is 11.3 Å². The van der Waals surface area contributed by atoms with E-state index in [4.69, 9.17) is 25.5 Å². The van der Waals surface area contributed by atoms with Gasteiger partial charge >= 0.3 is 0 Å². The Labute approximate surface area is 222 Å². The molecule has 0 aliphatic heterocycles. The third-order valence-electron chi connectivity index (χ3n) is 5.89. The van der Waals surface area contributed by atoms with Crippen molar-refractivity contribution in [1.82, 2.24) is 14.8 Å². The molecule has 0 spiro atoms. The molecule has 0 N–H and O–H groups in total. The monoisotopic (exact) mass is 543 g/mol. The van der Waals surface area contributed by atoms with Crippen LogP contribution in [0.25, 0.3) is 17.3 Å². The van der Waals surface area contributed by atoms with Gasteiger partial charge in [-0.25, -0.2) is 8.42 Å². The van der Waals surface area contributed by atoms with Gasteiger partial charge in [0, 0.05) is 10.4 Å². The van der Waals surface area contributed by atoms with Gasteiger partial charge in [-0.15, -0.1) is 10.2 Å². The molecule has 0 bridgehead atoms. The molecule has 2 aromatic heterocycles. The smallest absolute Gasteiger partial charge is 0.204 e. The summed E-state index contributed by atoms with van der Waals surface area (Å²) in [5, 5.41) is 9.24. The number of ether oxygens (including phenoxy) is 2. The van der Waals surface area contributed by atoms with Gasteiger partial charge in [0.1, 0.15) is 28.7 Å². The van der Waals surface area contributed by atoms with E-state index in [9.17, 15) is 8.42 Å². The Hall–Kier alpha value is -3.30. The summed E-state index contributed by atoms with van der Waals surface area (Å²) in [5.74, 6) is 2.35. The van der Waals surface area contributed by atoms with Gasteiger partial charge in [0.2, 0.25) is 5.82 Å². The summed E-state index contributed by atoms with van der Waals surface area (Å²) in [4.78, 5) is 0. The average molecular weight is 544 g/mol. The van der Waals surface area contributed by atoms with Crippen molar-refractivity contribution in [2.24, 2.45) is 0 Å². The SMILES string of the molecule is COc1cccc(OC)c1-n1c(CS(=O)(=O)CCc2ccc(Cl)cc2)nnc1-c1ccc(C(C)(C)C)o1. The van der Waals surface area contributed by atoms with Gasteiger partial charge in [-0.1, -0.05) is 50.6 Å². The highest BCUT2D eigenvalue weighted by atomic mass is 35.5. The van der Waals surface area contributed by atoms with Crippen LogP contribution in [0.5, 0.6) is 11.5 Å². The van der Waals surface area contributed by atoms with Crippen LogP contribution >= 0.6 is 11.6 Å². The summed E-state index contributed by atoms with van der Waals surface area (Å²) in [5.41, 5.74) is 1.15. The normalized spacial score (nSPS) is 12.1.